The summed E-state index contributed by atoms with van der Waals surface area (Å²) < 4.78 is 25.7. The van der Waals surface area contributed by atoms with Crippen LogP contribution in [-0.2, 0) is 66.9 Å². The second kappa shape index (κ2) is 44.6. The van der Waals surface area contributed by atoms with Crippen LogP contribution in [0.2, 0.25) is 0 Å². The predicted octanol–water partition coefficient (Wildman–Crippen LogP) is 18.1. The number of aromatic nitrogens is 19. The molecule has 7 aromatic carbocycles. The summed E-state index contributed by atoms with van der Waals surface area (Å²) >= 11 is 0. The zero-order valence-corrected chi connectivity index (χ0v) is 86.4. The van der Waals surface area contributed by atoms with Gasteiger partial charge in [0.15, 0.2) is 34.8 Å². The van der Waals surface area contributed by atoms with Crippen molar-refractivity contribution in [2.45, 2.75) is 181 Å². The molecule has 4 saturated heterocycles. The normalized spacial score (nSPS) is 15.5. The Kier molecular flexibility index (Phi) is 29.8. The molecule has 0 radical (unpaired) electrons. The van der Waals surface area contributed by atoms with Crippen LogP contribution >= 0.6 is 0 Å². The highest BCUT2D eigenvalue weighted by Gasteiger charge is 2.36. The number of hydrogen-bond donors (Lipinski definition) is 4. The van der Waals surface area contributed by atoms with Crippen molar-refractivity contribution in [3.63, 3.8) is 0 Å². The number of anilines is 4. The fourth-order valence-corrected chi connectivity index (χ4v) is 21.2. The van der Waals surface area contributed by atoms with Gasteiger partial charge in [0.2, 0.25) is 17.7 Å². The lowest BCUT2D eigenvalue weighted by molar-refractivity contribution is -0.118. The van der Waals surface area contributed by atoms with E-state index in [4.69, 9.17) is 40.3 Å². The summed E-state index contributed by atoms with van der Waals surface area (Å²) in [5.74, 6) is 7.63. The third kappa shape index (κ3) is 21.7. The van der Waals surface area contributed by atoms with E-state index in [0.29, 0.717) is 126 Å². The number of carbonyl (C=O) groups excluding carboxylic acids is 3. The molecule has 17 heterocycles. The number of amides is 3. The second-order valence-corrected chi connectivity index (χ2v) is 41.0. The van der Waals surface area contributed by atoms with Crippen molar-refractivity contribution >= 4 is 52.2 Å². The molecule has 7 aliphatic rings. The SMILES string of the molecule is CC(C)c1c(F)cccc1-c1ncc2c(n1)N(Cc1ccc(-n3ccc(C4CCNCC4)n3)cc1)C(=O)C2.CC(C)c1ccccc1-c1ncc2c(n1)N(Cc1ccc(-n3ccc(N4CCNCC4)n3)cc1)C(=O)C2.CC(C)c1ccccc1-c1ncc2c(n1)n(Cc1ccc(-n3ccc(C4CCNCC4)n3)cc1)c(=O)n2C.CC(C)c1ncccc1-c1ncc2c(n1)N(Cc1ccc(-n3ccc(C4CCNCC4)n3)cc1)C(=O)C2. The van der Waals surface area contributed by atoms with Gasteiger partial charge in [0.1, 0.15) is 28.8 Å². The van der Waals surface area contributed by atoms with E-state index < -0.39 is 0 Å². The quantitative estimate of drug-likeness (QED) is 0.0437. The van der Waals surface area contributed by atoms with Crippen molar-refractivity contribution in [2.75, 3.05) is 85.0 Å². The van der Waals surface area contributed by atoms with E-state index in [1.807, 2.05) is 136 Å². The van der Waals surface area contributed by atoms with Gasteiger partial charge in [-0.3, -0.25) is 43.2 Å². The number of aryl methyl sites for hydroxylation is 1. The Hall–Kier alpha value is -15.9. The minimum atomic E-state index is -0.269. The molecule has 31 nitrogen and oxygen atoms in total. The number of rotatable bonds is 24. The van der Waals surface area contributed by atoms with Crippen LogP contribution in [-0.4, -0.2) is 176 Å². The van der Waals surface area contributed by atoms with Crippen molar-refractivity contribution in [3.05, 3.63) is 351 Å². The van der Waals surface area contributed by atoms with Gasteiger partial charge in [0.25, 0.3) is 0 Å². The van der Waals surface area contributed by atoms with Gasteiger partial charge in [0.05, 0.1) is 97.2 Å². The van der Waals surface area contributed by atoms with Crippen LogP contribution in [0.25, 0.3) is 79.5 Å². The number of carbonyl (C=O) groups is 3. The van der Waals surface area contributed by atoms with E-state index in [1.165, 1.54) is 17.2 Å². The van der Waals surface area contributed by atoms with Crippen molar-refractivity contribution in [2.24, 2.45) is 7.05 Å². The number of fused-ring (bicyclic) bond motifs is 4. The van der Waals surface area contributed by atoms with Gasteiger partial charge in [0, 0.05) is 151 Å². The van der Waals surface area contributed by atoms with Gasteiger partial charge in [-0.2, -0.15) is 20.4 Å². The Morgan fingerprint density at radius 1 is 0.353 bits per heavy atom. The standard InChI is InChI=1S/C30H31FN6O.C30H33N7O.2C29H31N7O/c1-19(2)28-24(4-3-5-25(28)31)29-33-17-22-16-27(38)36(30(22)34-29)18-20-6-8-23(9-7-20)37-15-12-26(35-37)21-10-13-32-14-11-21;1-20(2)24-6-4-5-7-25(24)28-32-18-27-29(33-28)36(30(38)35(27)3)19-21-8-10-23(11-9-21)37-17-14-26(34-37)22-12-15-31-16-13-22;1-19(2)27-24(4-3-12-31-27)28-32-17-22-16-26(37)35(29(22)33-28)18-20-5-7-23(8-6-20)36-15-11-25(34-36)21-9-13-30-14-10-21;1-20(2)24-5-3-4-6-25(24)28-31-18-22-17-27(37)35(29(22)32-28)19-21-7-9-23(10-8-21)36-14-11-26(33-36)34-15-12-30-13-16-34/h3-9,12,15,17,19,21,32H,10-11,13-14,16,18H2,1-2H3;4-11,14,17-18,20,22,31H,12-13,15-16,19H2,1-3H3;3-8,11-12,15,17,19,21,30H,9-10,13-14,16,18H2,1-2H3;3-11,14,18,20,30H,12-13,15-17,19H2,1-2H3. The molecule has 10 aromatic heterocycles. The number of hydrogen-bond acceptors (Lipinski definition) is 22. The minimum absolute atomic E-state index is 0.0162. The van der Waals surface area contributed by atoms with Crippen molar-refractivity contribution < 1.29 is 18.8 Å². The lowest BCUT2D eigenvalue weighted by atomic mass is 9.95. The lowest BCUT2D eigenvalue weighted by Crippen LogP contribution is -2.43. The first kappa shape index (κ1) is 100. The van der Waals surface area contributed by atoms with Gasteiger partial charge in [-0.25, -0.2) is 67.8 Å². The van der Waals surface area contributed by atoms with Crippen LogP contribution in [0.15, 0.2) is 261 Å². The van der Waals surface area contributed by atoms with Crippen LogP contribution < -0.4 is 46.6 Å². The summed E-state index contributed by atoms with van der Waals surface area (Å²) in [6.45, 7) is 28.7. The van der Waals surface area contributed by atoms with Gasteiger partial charge in [-0.15, -0.1) is 0 Å². The summed E-state index contributed by atoms with van der Waals surface area (Å²) in [7, 11) is 1.77. The number of piperazine rings is 1. The maximum absolute atomic E-state index is 14.6. The topological polar surface area (TPSA) is 327 Å². The van der Waals surface area contributed by atoms with E-state index in [1.54, 1.807) is 61.7 Å². The number of pyridine rings is 1. The molecule has 0 bridgehead atoms. The van der Waals surface area contributed by atoms with E-state index in [2.05, 4.69) is 208 Å². The van der Waals surface area contributed by atoms with E-state index in [-0.39, 0.29) is 47.5 Å². The fourth-order valence-electron chi connectivity index (χ4n) is 21.2. The zero-order chi connectivity index (χ0) is 103. The number of nitrogens with zero attached hydrogens (tertiary/aromatic N) is 23. The molecule has 4 fully saturated rings. The lowest BCUT2D eigenvalue weighted by Gasteiger charge is -2.27. The average Bonchev–Trinajstić information content (AvgIpc) is 1.59. The maximum Gasteiger partial charge on any atom is 0.330 e. The molecule has 0 aliphatic carbocycles. The first-order chi connectivity index (χ1) is 73.1. The van der Waals surface area contributed by atoms with Crippen molar-refractivity contribution in [1.82, 2.24) is 114 Å². The number of nitrogens with one attached hydrogen (secondary N) is 4. The smallest absolute Gasteiger partial charge is 0.330 e. The molecule has 24 rings (SSSR count). The number of halogens is 1. The average molecular weight is 2010 g/mol. The van der Waals surface area contributed by atoms with Crippen LogP contribution in [0, 0.1) is 5.82 Å². The highest BCUT2D eigenvalue weighted by Crippen LogP contribution is 2.40. The molecule has 150 heavy (non-hydrogen) atoms. The molecular weight excluding hydrogens is 1880 g/mol. The third-order valence-electron chi connectivity index (χ3n) is 29.5. The van der Waals surface area contributed by atoms with E-state index >= 15 is 0 Å². The first-order valence-electron chi connectivity index (χ1n) is 52.6. The summed E-state index contributed by atoms with van der Waals surface area (Å²) in [5.41, 5.74) is 22.9. The Balaban J connectivity index is 0.000000117. The summed E-state index contributed by atoms with van der Waals surface area (Å²) in [4.78, 5) is 102. The summed E-state index contributed by atoms with van der Waals surface area (Å²) in [6.07, 6.45) is 24.6. The van der Waals surface area contributed by atoms with Crippen LogP contribution in [0.5, 0.6) is 0 Å². The van der Waals surface area contributed by atoms with Crippen molar-refractivity contribution in [3.8, 4) is 68.3 Å². The highest BCUT2D eigenvalue weighted by molar-refractivity contribution is 6.02. The molecular formula is C118H126FN27O4. The molecule has 32 heteroatoms. The Morgan fingerprint density at radius 3 is 1.14 bits per heavy atom. The Morgan fingerprint density at radius 2 is 0.720 bits per heavy atom. The molecule has 0 spiro atoms. The molecule has 764 valence electrons. The molecule has 0 unspecified atom stereocenters. The molecule has 3 amide bonds. The number of imidazole rings is 1. The highest BCUT2D eigenvalue weighted by atomic mass is 19.1. The minimum Gasteiger partial charge on any atom is -0.353 e. The molecule has 17 aromatic rings. The largest absolute Gasteiger partial charge is 0.353 e. The molecule has 0 atom stereocenters. The second-order valence-electron chi connectivity index (χ2n) is 41.0. The number of piperidine rings is 3. The van der Waals surface area contributed by atoms with Gasteiger partial charge in [-0.05, 0) is 220 Å². The first-order valence-corrected chi connectivity index (χ1v) is 52.6. The molecule has 4 N–H and O–H groups in total. The van der Waals surface area contributed by atoms with Gasteiger partial charge >= 0.3 is 5.69 Å². The van der Waals surface area contributed by atoms with Gasteiger partial charge < -0.3 is 26.2 Å². The van der Waals surface area contributed by atoms with Crippen LogP contribution in [0.4, 0.5) is 27.7 Å². The van der Waals surface area contributed by atoms with Gasteiger partial charge in [-0.1, -0.05) is 165 Å². The zero-order valence-electron chi connectivity index (χ0n) is 86.4. The van der Waals surface area contributed by atoms with Crippen molar-refractivity contribution in [1.29, 1.82) is 0 Å². The molecule has 0 saturated carbocycles. The predicted molar refractivity (Wildman–Crippen MR) is 582 cm³/mol. The number of benzene rings is 7. The molecule has 7 aliphatic heterocycles. The Labute approximate surface area is 872 Å². The van der Waals surface area contributed by atoms with E-state index in [9.17, 15) is 23.6 Å². The monoisotopic (exact) mass is 2000 g/mol. The maximum atomic E-state index is 14.6. The Bertz CT molecular complexity index is 7550. The summed E-state index contributed by atoms with van der Waals surface area (Å²) in [6, 6.07) is 66.6. The fraction of sp³-hybridized carbons (Fsp3) is 0.331. The third-order valence-corrected chi connectivity index (χ3v) is 29.5. The van der Waals surface area contributed by atoms with E-state index in [0.717, 1.165) is 216 Å². The van der Waals surface area contributed by atoms with Crippen LogP contribution in [0.3, 0.4) is 0 Å². The summed E-state index contributed by atoms with van der Waals surface area (Å²) in [5, 5.41) is 32.9. The van der Waals surface area contributed by atoms with Crippen LogP contribution in [0.1, 0.15) is 214 Å².